The van der Waals surface area contributed by atoms with E-state index in [1.165, 1.54) is 28.6 Å². The molecule has 0 bridgehead atoms. The lowest BCUT2D eigenvalue weighted by atomic mass is 10.00. The second-order valence-electron chi connectivity index (χ2n) is 7.13. The third-order valence-electron chi connectivity index (χ3n) is 4.70. The van der Waals surface area contributed by atoms with Gasteiger partial charge >= 0.3 is 5.97 Å². The van der Waals surface area contributed by atoms with Crippen molar-refractivity contribution in [3.05, 3.63) is 41.4 Å². The van der Waals surface area contributed by atoms with Gasteiger partial charge in [-0.25, -0.2) is 8.42 Å². The van der Waals surface area contributed by atoms with Gasteiger partial charge in [0.1, 0.15) is 0 Å². The van der Waals surface area contributed by atoms with E-state index in [4.69, 9.17) is 16.3 Å². The SMILES string of the molecule is C=C(C)CN(CC)C(=O)COC(=O)C1CCCN(S(=O)(=O)c2ccc(Cl)cc2)C1. The van der Waals surface area contributed by atoms with Crippen LogP contribution in [-0.2, 0) is 24.3 Å². The number of benzene rings is 1. The molecule has 0 saturated carbocycles. The first-order valence-electron chi connectivity index (χ1n) is 9.49. The molecule has 0 spiro atoms. The van der Waals surface area contributed by atoms with Crippen molar-refractivity contribution in [2.75, 3.05) is 32.8 Å². The van der Waals surface area contributed by atoms with Gasteiger partial charge in [0.15, 0.2) is 6.61 Å². The number of rotatable bonds is 8. The molecule has 29 heavy (non-hydrogen) atoms. The zero-order valence-corrected chi connectivity index (χ0v) is 18.3. The van der Waals surface area contributed by atoms with Crippen LogP contribution in [0.4, 0.5) is 0 Å². The van der Waals surface area contributed by atoms with Crippen LogP contribution in [0.1, 0.15) is 26.7 Å². The molecule has 160 valence electrons. The Hall–Kier alpha value is -1.90. The number of piperidine rings is 1. The number of sulfonamides is 1. The van der Waals surface area contributed by atoms with Crippen molar-refractivity contribution < 1.29 is 22.7 Å². The van der Waals surface area contributed by atoms with Crippen molar-refractivity contribution in [2.24, 2.45) is 5.92 Å². The van der Waals surface area contributed by atoms with Gasteiger partial charge in [-0.2, -0.15) is 4.31 Å². The Labute approximate surface area is 177 Å². The average Bonchev–Trinajstić information content (AvgIpc) is 2.70. The molecule has 1 unspecified atom stereocenters. The van der Waals surface area contributed by atoms with Crippen LogP contribution in [0.25, 0.3) is 0 Å². The average molecular weight is 443 g/mol. The maximum Gasteiger partial charge on any atom is 0.310 e. The number of carbonyl (C=O) groups is 2. The Morgan fingerprint density at radius 2 is 1.97 bits per heavy atom. The highest BCUT2D eigenvalue weighted by atomic mass is 35.5. The van der Waals surface area contributed by atoms with Gasteiger partial charge in [-0.3, -0.25) is 9.59 Å². The molecule has 9 heteroatoms. The number of hydrogen-bond acceptors (Lipinski definition) is 5. The first kappa shape index (κ1) is 23.4. The van der Waals surface area contributed by atoms with Gasteiger partial charge in [0.25, 0.3) is 5.91 Å². The summed E-state index contributed by atoms with van der Waals surface area (Å²) < 4.78 is 32.1. The van der Waals surface area contributed by atoms with Gasteiger partial charge in [-0.15, -0.1) is 0 Å². The molecule has 1 aromatic carbocycles. The molecule has 1 fully saturated rings. The maximum atomic E-state index is 12.8. The number of amides is 1. The number of esters is 1. The zero-order valence-electron chi connectivity index (χ0n) is 16.8. The second kappa shape index (κ2) is 10.2. The van der Waals surface area contributed by atoms with Gasteiger partial charge in [0.05, 0.1) is 10.8 Å². The van der Waals surface area contributed by atoms with Crippen molar-refractivity contribution in [3.8, 4) is 0 Å². The molecule has 1 atom stereocenters. The van der Waals surface area contributed by atoms with Crippen LogP contribution >= 0.6 is 11.6 Å². The van der Waals surface area contributed by atoms with E-state index in [1.54, 1.807) is 4.90 Å². The second-order valence-corrected chi connectivity index (χ2v) is 9.50. The van der Waals surface area contributed by atoms with Crippen molar-refractivity contribution in [1.82, 2.24) is 9.21 Å². The molecule has 0 aliphatic carbocycles. The lowest BCUT2D eigenvalue weighted by Gasteiger charge is -2.31. The minimum Gasteiger partial charge on any atom is -0.455 e. The molecule has 7 nitrogen and oxygen atoms in total. The standard InChI is InChI=1S/C20H27ClN2O5S/c1-4-22(12-15(2)3)19(24)14-28-20(25)16-6-5-11-23(13-16)29(26,27)18-9-7-17(21)8-10-18/h7-10,16H,2,4-6,11-14H2,1,3H3. The summed E-state index contributed by atoms with van der Waals surface area (Å²) in [6, 6.07) is 5.92. The topological polar surface area (TPSA) is 84.0 Å². The minimum atomic E-state index is -3.73. The summed E-state index contributed by atoms with van der Waals surface area (Å²) in [6.07, 6.45) is 1.06. The zero-order chi connectivity index (χ0) is 21.6. The number of carbonyl (C=O) groups excluding carboxylic acids is 2. The van der Waals surface area contributed by atoms with Crippen molar-refractivity contribution in [2.45, 2.75) is 31.6 Å². The van der Waals surface area contributed by atoms with Crippen LogP contribution in [0, 0.1) is 5.92 Å². The van der Waals surface area contributed by atoms with Crippen LogP contribution in [0.5, 0.6) is 0 Å². The summed E-state index contributed by atoms with van der Waals surface area (Å²) >= 11 is 5.83. The summed E-state index contributed by atoms with van der Waals surface area (Å²) in [5.74, 6) is -1.46. The van der Waals surface area contributed by atoms with E-state index in [-0.39, 0.29) is 24.0 Å². The van der Waals surface area contributed by atoms with Gasteiger partial charge in [0, 0.05) is 31.2 Å². The van der Waals surface area contributed by atoms with Gasteiger partial charge in [0.2, 0.25) is 10.0 Å². The van der Waals surface area contributed by atoms with E-state index in [2.05, 4.69) is 6.58 Å². The minimum absolute atomic E-state index is 0.0290. The van der Waals surface area contributed by atoms with Crippen molar-refractivity contribution >= 4 is 33.5 Å². The van der Waals surface area contributed by atoms with Crippen LogP contribution in [0.15, 0.2) is 41.3 Å². The molecule has 1 amide bonds. The third kappa shape index (κ3) is 6.29. The van der Waals surface area contributed by atoms with E-state index in [9.17, 15) is 18.0 Å². The highest BCUT2D eigenvalue weighted by Crippen LogP contribution is 2.25. The molecule has 2 rings (SSSR count). The van der Waals surface area contributed by atoms with E-state index in [1.807, 2.05) is 13.8 Å². The van der Waals surface area contributed by atoms with Crippen LogP contribution in [-0.4, -0.2) is 62.3 Å². The summed E-state index contributed by atoms with van der Waals surface area (Å²) in [7, 11) is -3.73. The van der Waals surface area contributed by atoms with E-state index < -0.39 is 21.9 Å². The van der Waals surface area contributed by atoms with Crippen LogP contribution < -0.4 is 0 Å². The fourth-order valence-electron chi connectivity index (χ4n) is 3.15. The normalized spacial score (nSPS) is 17.6. The number of likely N-dealkylation sites (N-methyl/N-ethyl adjacent to an activating group) is 1. The van der Waals surface area contributed by atoms with E-state index in [0.29, 0.717) is 37.5 Å². The van der Waals surface area contributed by atoms with Gasteiger partial charge in [-0.1, -0.05) is 23.8 Å². The predicted molar refractivity (Wildman–Crippen MR) is 111 cm³/mol. The molecule has 1 aliphatic heterocycles. The van der Waals surface area contributed by atoms with Gasteiger partial charge in [-0.05, 0) is 51.0 Å². The van der Waals surface area contributed by atoms with Crippen molar-refractivity contribution in [1.29, 1.82) is 0 Å². The largest absolute Gasteiger partial charge is 0.455 e. The van der Waals surface area contributed by atoms with E-state index in [0.717, 1.165) is 5.57 Å². The monoisotopic (exact) mass is 442 g/mol. The number of ether oxygens (including phenoxy) is 1. The highest BCUT2D eigenvalue weighted by Gasteiger charge is 2.34. The Bertz CT molecular complexity index is 854. The maximum absolute atomic E-state index is 12.8. The summed E-state index contributed by atoms with van der Waals surface area (Å²) in [6.45, 7) is 8.33. The summed E-state index contributed by atoms with van der Waals surface area (Å²) in [5.41, 5.74) is 0.835. The van der Waals surface area contributed by atoms with Gasteiger partial charge < -0.3 is 9.64 Å². The third-order valence-corrected chi connectivity index (χ3v) is 6.83. The molecule has 1 saturated heterocycles. The Kier molecular flexibility index (Phi) is 8.24. The Morgan fingerprint density at radius 1 is 1.31 bits per heavy atom. The fourth-order valence-corrected chi connectivity index (χ4v) is 4.80. The fraction of sp³-hybridized carbons (Fsp3) is 0.500. The van der Waals surface area contributed by atoms with Crippen LogP contribution in [0.3, 0.4) is 0 Å². The molecule has 0 N–H and O–H groups in total. The number of halogens is 1. The molecule has 1 heterocycles. The Balaban J connectivity index is 1.97. The van der Waals surface area contributed by atoms with Crippen LogP contribution in [0.2, 0.25) is 5.02 Å². The molecule has 0 radical (unpaired) electrons. The highest BCUT2D eigenvalue weighted by molar-refractivity contribution is 7.89. The Morgan fingerprint density at radius 3 is 2.55 bits per heavy atom. The molecular weight excluding hydrogens is 416 g/mol. The smallest absolute Gasteiger partial charge is 0.310 e. The number of hydrogen-bond donors (Lipinski definition) is 0. The summed E-state index contributed by atoms with van der Waals surface area (Å²) in [5, 5.41) is 0.446. The first-order valence-corrected chi connectivity index (χ1v) is 11.3. The number of nitrogens with zero attached hydrogens (tertiary/aromatic N) is 2. The summed E-state index contributed by atoms with van der Waals surface area (Å²) in [4.78, 5) is 26.3. The van der Waals surface area contributed by atoms with Crippen molar-refractivity contribution in [3.63, 3.8) is 0 Å². The first-order chi connectivity index (χ1) is 13.6. The molecule has 1 aliphatic rings. The van der Waals surface area contributed by atoms with E-state index >= 15 is 0 Å². The molecule has 0 aromatic heterocycles. The lowest BCUT2D eigenvalue weighted by molar-refractivity contribution is -0.156. The molecular formula is C20H27ClN2O5S. The quantitative estimate of drug-likeness (QED) is 0.456. The lowest BCUT2D eigenvalue weighted by Crippen LogP contribution is -2.43. The predicted octanol–water partition coefficient (Wildman–Crippen LogP) is 2.71. The molecule has 1 aromatic rings.